The highest BCUT2D eigenvalue weighted by Gasteiger charge is 2.29. The van der Waals surface area contributed by atoms with Crippen LogP contribution in [0.15, 0.2) is 24.3 Å². The lowest BCUT2D eigenvalue weighted by Gasteiger charge is -2.25. The highest BCUT2D eigenvalue weighted by molar-refractivity contribution is 5.75. The molecule has 1 aromatic heterocycles. The number of rotatable bonds is 6. The van der Waals surface area contributed by atoms with Crippen LogP contribution in [0.4, 0.5) is 4.79 Å². The van der Waals surface area contributed by atoms with Crippen LogP contribution in [-0.2, 0) is 13.1 Å². The molecule has 3 rings (SSSR count). The summed E-state index contributed by atoms with van der Waals surface area (Å²) in [4.78, 5) is 16.9. The number of hydrogen-bond donors (Lipinski definition) is 1. The first-order valence-electron chi connectivity index (χ1n) is 10.2. The molecule has 2 aromatic rings. The first-order valence-corrected chi connectivity index (χ1v) is 10.2. The van der Waals surface area contributed by atoms with Gasteiger partial charge in [0.25, 0.3) is 0 Å². The first-order chi connectivity index (χ1) is 13.4. The minimum Gasteiger partial charge on any atom is -0.336 e. The minimum atomic E-state index is 0.0260. The van der Waals surface area contributed by atoms with E-state index in [0.717, 1.165) is 31.6 Å². The third kappa shape index (κ3) is 4.55. The molecule has 1 atom stereocenters. The van der Waals surface area contributed by atoms with Crippen LogP contribution in [0.3, 0.4) is 0 Å². The van der Waals surface area contributed by atoms with Crippen molar-refractivity contribution >= 4 is 6.03 Å². The molecule has 1 N–H and O–H groups in total. The Morgan fingerprint density at radius 1 is 1.21 bits per heavy atom. The fraction of sp³-hybridized carbons (Fsp3) is 0.545. The molecular formula is C22H33N5O. The largest absolute Gasteiger partial charge is 0.336 e. The minimum absolute atomic E-state index is 0.0260. The molecule has 2 heterocycles. The number of hydrogen-bond acceptors (Lipinski definition) is 3. The van der Waals surface area contributed by atoms with Crippen molar-refractivity contribution in [3.05, 3.63) is 52.3 Å². The number of carbonyl (C=O) groups is 1. The SMILES string of the molecule is Cc1nn(CCNC(=O)N2CCC[C@@H]2c2ccc(CN(C)C)cc2)c(C)c1C. The Labute approximate surface area is 168 Å². The highest BCUT2D eigenvalue weighted by atomic mass is 16.2. The third-order valence-electron chi connectivity index (χ3n) is 5.72. The van der Waals surface area contributed by atoms with E-state index in [2.05, 4.69) is 67.5 Å². The molecule has 28 heavy (non-hydrogen) atoms. The summed E-state index contributed by atoms with van der Waals surface area (Å²) in [6, 6.07) is 8.90. The number of likely N-dealkylation sites (tertiary alicyclic amines) is 1. The van der Waals surface area contributed by atoms with Crippen molar-refractivity contribution in [1.29, 1.82) is 0 Å². The van der Waals surface area contributed by atoms with E-state index in [1.165, 1.54) is 22.4 Å². The summed E-state index contributed by atoms with van der Waals surface area (Å²) in [6.07, 6.45) is 2.07. The van der Waals surface area contributed by atoms with E-state index in [1.54, 1.807) is 0 Å². The second kappa shape index (κ2) is 8.78. The van der Waals surface area contributed by atoms with Crippen LogP contribution in [0.25, 0.3) is 0 Å². The van der Waals surface area contributed by atoms with E-state index in [0.29, 0.717) is 13.1 Å². The summed E-state index contributed by atoms with van der Waals surface area (Å²) in [6.45, 7) is 9.22. The lowest BCUT2D eigenvalue weighted by atomic mass is 10.0. The van der Waals surface area contributed by atoms with Gasteiger partial charge < -0.3 is 15.1 Å². The van der Waals surface area contributed by atoms with Gasteiger partial charge in [-0.25, -0.2) is 4.79 Å². The molecule has 0 aliphatic carbocycles. The highest BCUT2D eigenvalue weighted by Crippen LogP contribution is 2.32. The van der Waals surface area contributed by atoms with Crippen LogP contribution in [-0.4, -0.2) is 52.8 Å². The van der Waals surface area contributed by atoms with Gasteiger partial charge in [-0.1, -0.05) is 24.3 Å². The van der Waals surface area contributed by atoms with Gasteiger partial charge >= 0.3 is 6.03 Å². The normalized spacial score (nSPS) is 16.8. The third-order valence-corrected chi connectivity index (χ3v) is 5.72. The van der Waals surface area contributed by atoms with E-state index >= 15 is 0 Å². The number of aromatic nitrogens is 2. The number of carbonyl (C=O) groups excluding carboxylic acids is 1. The molecule has 2 amide bonds. The maximum atomic E-state index is 12.8. The molecule has 0 unspecified atom stereocenters. The zero-order valence-electron chi connectivity index (χ0n) is 17.8. The molecule has 6 heteroatoms. The molecule has 0 radical (unpaired) electrons. The summed E-state index contributed by atoms with van der Waals surface area (Å²) in [5, 5.41) is 7.63. The molecule has 1 fully saturated rings. The molecule has 0 bridgehead atoms. The summed E-state index contributed by atoms with van der Waals surface area (Å²) < 4.78 is 1.98. The van der Waals surface area contributed by atoms with Gasteiger partial charge in [0.15, 0.2) is 0 Å². The Morgan fingerprint density at radius 2 is 1.93 bits per heavy atom. The van der Waals surface area contributed by atoms with Gasteiger partial charge in [-0.2, -0.15) is 5.10 Å². The molecular weight excluding hydrogens is 350 g/mol. The zero-order chi connectivity index (χ0) is 20.3. The monoisotopic (exact) mass is 383 g/mol. The van der Waals surface area contributed by atoms with Crippen LogP contribution in [0, 0.1) is 20.8 Å². The quantitative estimate of drug-likeness (QED) is 0.832. The number of nitrogens with zero attached hydrogens (tertiary/aromatic N) is 4. The molecule has 6 nitrogen and oxygen atoms in total. The molecule has 1 aromatic carbocycles. The Balaban J connectivity index is 1.57. The van der Waals surface area contributed by atoms with E-state index in [9.17, 15) is 4.79 Å². The van der Waals surface area contributed by atoms with Gasteiger partial charge in [0.05, 0.1) is 18.3 Å². The Hall–Kier alpha value is -2.34. The maximum absolute atomic E-state index is 12.8. The number of urea groups is 1. The number of amides is 2. The molecule has 1 aliphatic rings. The van der Waals surface area contributed by atoms with Crippen molar-refractivity contribution < 1.29 is 4.79 Å². The van der Waals surface area contributed by atoms with Crippen molar-refractivity contribution in [1.82, 2.24) is 24.9 Å². The van der Waals surface area contributed by atoms with Crippen LogP contribution in [0.2, 0.25) is 0 Å². The van der Waals surface area contributed by atoms with Gasteiger partial charge in [-0.3, -0.25) is 4.68 Å². The van der Waals surface area contributed by atoms with Gasteiger partial charge in [0.2, 0.25) is 0 Å². The predicted octanol–water partition coefficient (Wildman–Crippen LogP) is 3.42. The fourth-order valence-electron chi connectivity index (χ4n) is 3.94. The average Bonchev–Trinajstić information content (AvgIpc) is 3.23. The van der Waals surface area contributed by atoms with E-state index in [1.807, 2.05) is 16.5 Å². The topological polar surface area (TPSA) is 53.4 Å². The second-order valence-electron chi connectivity index (χ2n) is 8.08. The van der Waals surface area contributed by atoms with Crippen molar-refractivity contribution in [3.63, 3.8) is 0 Å². The smallest absolute Gasteiger partial charge is 0.317 e. The van der Waals surface area contributed by atoms with Crippen LogP contribution < -0.4 is 5.32 Å². The molecule has 1 aliphatic heterocycles. The first kappa shape index (κ1) is 20.4. The Kier molecular flexibility index (Phi) is 6.39. The average molecular weight is 384 g/mol. The maximum Gasteiger partial charge on any atom is 0.317 e. The number of benzene rings is 1. The molecule has 1 saturated heterocycles. The van der Waals surface area contributed by atoms with Gasteiger partial charge in [-0.05, 0) is 64.4 Å². The summed E-state index contributed by atoms with van der Waals surface area (Å²) in [5.74, 6) is 0. The molecule has 0 spiro atoms. The van der Waals surface area contributed by atoms with Gasteiger partial charge in [0.1, 0.15) is 0 Å². The van der Waals surface area contributed by atoms with E-state index in [4.69, 9.17) is 0 Å². The van der Waals surface area contributed by atoms with Gasteiger partial charge in [0, 0.05) is 25.3 Å². The van der Waals surface area contributed by atoms with Crippen LogP contribution >= 0.6 is 0 Å². The van der Waals surface area contributed by atoms with Gasteiger partial charge in [-0.15, -0.1) is 0 Å². The lowest BCUT2D eigenvalue weighted by molar-refractivity contribution is 0.192. The molecule has 152 valence electrons. The fourth-order valence-corrected chi connectivity index (χ4v) is 3.94. The lowest BCUT2D eigenvalue weighted by Crippen LogP contribution is -2.40. The summed E-state index contributed by atoms with van der Waals surface area (Å²) in [5.41, 5.74) is 5.97. The Bertz CT molecular complexity index is 809. The van der Waals surface area contributed by atoms with Crippen molar-refractivity contribution in [3.8, 4) is 0 Å². The second-order valence-corrected chi connectivity index (χ2v) is 8.08. The van der Waals surface area contributed by atoms with E-state index in [-0.39, 0.29) is 12.1 Å². The summed E-state index contributed by atoms with van der Waals surface area (Å²) >= 11 is 0. The van der Waals surface area contributed by atoms with Crippen LogP contribution in [0.5, 0.6) is 0 Å². The number of aryl methyl sites for hydroxylation is 1. The Morgan fingerprint density at radius 3 is 2.54 bits per heavy atom. The predicted molar refractivity (Wildman–Crippen MR) is 112 cm³/mol. The zero-order valence-corrected chi connectivity index (χ0v) is 17.8. The standard InChI is InChI=1S/C22H33N5O/c1-16-17(2)24-27(18(16)3)14-12-23-22(28)26-13-6-7-21(26)20-10-8-19(9-11-20)15-25(4)5/h8-11,21H,6-7,12-15H2,1-5H3,(H,23,28)/t21-/m1/s1. The molecule has 0 saturated carbocycles. The number of nitrogens with one attached hydrogen (secondary N) is 1. The summed E-state index contributed by atoms with van der Waals surface area (Å²) in [7, 11) is 4.15. The van der Waals surface area contributed by atoms with E-state index < -0.39 is 0 Å². The van der Waals surface area contributed by atoms with Crippen molar-refractivity contribution in [2.45, 2.75) is 52.7 Å². The van der Waals surface area contributed by atoms with Crippen molar-refractivity contribution in [2.24, 2.45) is 0 Å². The van der Waals surface area contributed by atoms with Crippen LogP contribution in [0.1, 0.15) is 47.0 Å². The van der Waals surface area contributed by atoms with Crippen molar-refractivity contribution in [2.75, 3.05) is 27.2 Å².